The summed E-state index contributed by atoms with van der Waals surface area (Å²) in [5, 5.41) is 6.20. The van der Waals surface area contributed by atoms with Crippen LogP contribution in [0.3, 0.4) is 0 Å². The number of pyridine rings is 1. The van der Waals surface area contributed by atoms with Crippen LogP contribution in [0, 0.1) is 10.7 Å². The number of nitrogens with zero attached hydrogens (tertiary/aromatic N) is 5. The number of nitrogens with one attached hydrogen (secondary N) is 1. The minimum absolute atomic E-state index is 0.0297. The summed E-state index contributed by atoms with van der Waals surface area (Å²) < 4.78 is 21.4. The van der Waals surface area contributed by atoms with Crippen molar-refractivity contribution in [3.63, 3.8) is 0 Å². The molecule has 3 aliphatic rings. The van der Waals surface area contributed by atoms with Crippen LogP contribution in [0.1, 0.15) is 30.6 Å². The summed E-state index contributed by atoms with van der Waals surface area (Å²) in [6.45, 7) is 9.12. The lowest BCUT2D eigenvalue weighted by Gasteiger charge is -2.40. The normalized spacial score (nSPS) is 22.1. The standard InChI is InChI=1S/C27H30ClFN6O4/c1-5-19(36)33-9-10-34-16(13-33)14-39-24-21(26(34)37)25(35-12-15(30-4)11-27(35,2)3)31-23(22(24)28)20-17(29)7-6-8-18(20)32-38/h5-8,15-16,30H,1,9-14H2,2-4H3/t15?,16-/m1/s1. The maximum atomic E-state index is 15.2. The van der Waals surface area contributed by atoms with E-state index >= 15 is 4.39 Å². The minimum Gasteiger partial charge on any atom is -0.489 e. The van der Waals surface area contributed by atoms with Crippen molar-refractivity contribution in [1.82, 2.24) is 20.1 Å². The summed E-state index contributed by atoms with van der Waals surface area (Å²) >= 11 is 6.83. The van der Waals surface area contributed by atoms with E-state index in [1.165, 1.54) is 24.3 Å². The molecule has 10 nitrogen and oxygen atoms in total. The van der Waals surface area contributed by atoms with Crippen LogP contribution in [0.2, 0.25) is 5.02 Å². The third-order valence-corrected chi connectivity index (χ3v) is 8.16. The van der Waals surface area contributed by atoms with E-state index in [1.807, 2.05) is 25.8 Å². The van der Waals surface area contributed by atoms with E-state index in [1.54, 1.807) is 9.80 Å². The molecule has 2 aromatic rings. The molecular formula is C27H30ClFN6O4. The predicted molar refractivity (Wildman–Crippen MR) is 146 cm³/mol. The fourth-order valence-electron chi connectivity index (χ4n) is 5.77. The summed E-state index contributed by atoms with van der Waals surface area (Å²) in [6, 6.07) is 3.63. The Morgan fingerprint density at radius 1 is 1.31 bits per heavy atom. The van der Waals surface area contributed by atoms with E-state index in [-0.39, 0.29) is 64.3 Å². The number of fused-ring (bicyclic) bond motifs is 2. The van der Waals surface area contributed by atoms with Gasteiger partial charge in [-0.3, -0.25) is 9.59 Å². The lowest BCUT2D eigenvalue weighted by molar-refractivity contribution is -0.128. The van der Waals surface area contributed by atoms with E-state index < -0.39 is 17.4 Å². The van der Waals surface area contributed by atoms with Crippen LogP contribution >= 0.6 is 11.6 Å². The number of piperazine rings is 1. The maximum absolute atomic E-state index is 15.2. The number of likely N-dealkylation sites (N-methyl/N-ethyl adjacent to an activating group) is 1. The molecule has 1 unspecified atom stereocenters. The highest BCUT2D eigenvalue weighted by Crippen LogP contribution is 2.48. The van der Waals surface area contributed by atoms with Crippen LogP contribution in [-0.2, 0) is 4.79 Å². The van der Waals surface area contributed by atoms with Gasteiger partial charge in [0.25, 0.3) is 5.91 Å². The molecule has 0 radical (unpaired) electrons. The molecule has 2 saturated heterocycles. The van der Waals surface area contributed by atoms with Crippen LogP contribution in [0.25, 0.3) is 11.3 Å². The fourth-order valence-corrected chi connectivity index (χ4v) is 6.06. The molecule has 0 aliphatic carbocycles. The molecule has 0 spiro atoms. The van der Waals surface area contributed by atoms with Gasteiger partial charge in [-0.05, 0) is 50.7 Å². The summed E-state index contributed by atoms with van der Waals surface area (Å²) in [6.07, 6.45) is 2.01. The first kappa shape index (κ1) is 27.0. The van der Waals surface area contributed by atoms with Gasteiger partial charge in [0.2, 0.25) is 5.91 Å². The van der Waals surface area contributed by atoms with Crippen LogP contribution in [-0.4, -0.2) is 84.1 Å². The van der Waals surface area contributed by atoms with E-state index in [2.05, 4.69) is 17.1 Å². The molecule has 4 heterocycles. The molecular weight excluding hydrogens is 527 g/mol. The summed E-state index contributed by atoms with van der Waals surface area (Å²) in [5.41, 5.74) is -0.610. The number of aromatic nitrogens is 1. The quantitative estimate of drug-likeness (QED) is 0.441. The molecule has 2 amide bonds. The van der Waals surface area contributed by atoms with Crippen molar-refractivity contribution in [1.29, 1.82) is 0 Å². The number of hydrogen-bond donors (Lipinski definition) is 1. The Morgan fingerprint density at radius 2 is 2.08 bits per heavy atom. The first-order chi connectivity index (χ1) is 18.6. The summed E-state index contributed by atoms with van der Waals surface area (Å²) in [7, 11) is 1.87. The monoisotopic (exact) mass is 556 g/mol. The smallest absolute Gasteiger partial charge is 0.261 e. The molecule has 5 rings (SSSR count). The number of carbonyl (C=O) groups excluding carboxylic acids is 2. The molecule has 39 heavy (non-hydrogen) atoms. The highest BCUT2D eigenvalue weighted by atomic mass is 35.5. The molecule has 206 valence electrons. The van der Waals surface area contributed by atoms with Gasteiger partial charge in [0, 0.05) is 37.8 Å². The van der Waals surface area contributed by atoms with Gasteiger partial charge >= 0.3 is 0 Å². The summed E-state index contributed by atoms with van der Waals surface area (Å²) in [4.78, 5) is 48.2. The molecule has 0 bridgehead atoms. The second-order valence-corrected chi connectivity index (χ2v) is 11.0. The second-order valence-electron chi connectivity index (χ2n) is 10.6. The van der Waals surface area contributed by atoms with Gasteiger partial charge in [-0.15, -0.1) is 4.91 Å². The molecule has 2 atom stereocenters. The topological polar surface area (TPSA) is 107 Å². The van der Waals surface area contributed by atoms with Crippen LogP contribution in [0.4, 0.5) is 15.9 Å². The number of anilines is 1. The second kappa shape index (κ2) is 10.2. The number of halogens is 2. The molecule has 1 aromatic heterocycles. The Morgan fingerprint density at radius 3 is 2.74 bits per heavy atom. The van der Waals surface area contributed by atoms with Gasteiger partial charge < -0.3 is 24.8 Å². The van der Waals surface area contributed by atoms with Crippen LogP contribution < -0.4 is 15.0 Å². The minimum atomic E-state index is -0.725. The lowest BCUT2D eigenvalue weighted by Crippen LogP contribution is -2.57. The molecule has 3 aliphatic heterocycles. The Balaban J connectivity index is 1.71. The van der Waals surface area contributed by atoms with E-state index in [0.717, 1.165) is 6.42 Å². The van der Waals surface area contributed by atoms with Gasteiger partial charge in [-0.25, -0.2) is 9.37 Å². The zero-order chi connectivity index (χ0) is 28.1. The Bertz CT molecular complexity index is 1370. The van der Waals surface area contributed by atoms with Gasteiger partial charge in [0.05, 0.1) is 11.6 Å². The zero-order valence-electron chi connectivity index (χ0n) is 22.0. The van der Waals surface area contributed by atoms with Crippen molar-refractivity contribution in [3.05, 3.63) is 52.2 Å². The van der Waals surface area contributed by atoms with Crippen molar-refractivity contribution in [3.8, 4) is 17.0 Å². The first-order valence-electron chi connectivity index (χ1n) is 12.8. The van der Waals surface area contributed by atoms with Gasteiger partial charge in [0.15, 0.2) is 5.75 Å². The number of benzene rings is 1. The Labute approximate surface area is 230 Å². The number of hydrogen-bond acceptors (Lipinski definition) is 8. The highest BCUT2D eigenvalue weighted by molar-refractivity contribution is 6.35. The zero-order valence-corrected chi connectivity index (χ0v) is 22.8. The lowest BCUT2D eigenvalue weighted by atomic mass is 9.99. The third-order valence-electron chi connectivity index (χ3n) is 7.81. The average molecular weight is 557 g/mol. The van der Waals surface area contributed by atoms with E-state index in [0.29, 0.717) is 25.5 Å². The van der Waals surface area contributed by atoms with Crippen molar-refractivity contribution in [2.45, 2.75) is 37.9 Å². The number of nitroso groups, excluding NO2 is 1. The largest absolute Gasteiger partial charge is 0.489 e. The molecule has 2 fully saturated rings. The third kappa shape index (κ3) is 4.53. The van der Waals surface area contributed by atoms with Gasteiger partial charge in [0.1, 0.15) is 40.2 Å². The Kier molecular flexibility index (Phi) is 7.06. The van der Waals surface area contributed by atoms with Crippen molar-refractivity contribution >= 4 is 34.9 Å². The van der Waals surface area contributed by atoms with Crippen LogP contribution in [0.5, 0.6) is 5.75 Å². The average Bonchev–Trinajstić information content (AvgIpc) is 3.16. The number of carbonyl (C=O) groups is 2. The molecule has 12 heteroatoms. The van der Waals surface area contributed by atoms with Crippen molar-refractivity contribution in [2.24, 2.45) is 5.18 Å². The van der Waals surface area contributed by atoms with E-state index in [9.17, 15) is 14.5 Å². The van der Waals surface area contributed by atoms with Crippen molar-refractivity contribution < 1.29 is 18.7 Å². The predicted octanol–water partition coefficient (Wildman–Crippen LogP) is 3.75. The molecule has 1 aromatic carbocycles. The SMILES string of the molecule is C=CC(=O)N1CCN2C(=O)c3c(N4CC(NC)CC4(C)C)nc(-c4c(F)cccc4N=O)c(Cl)c3OC[C@H]2C1. The van der Waals surface area contributed by atoms with E-state index in [4.69, 9.17) is 21.3 Å². The number of amides is 2. The first-order valence-corrected chi connectivity index (χ1v) is 13.1. The van der Waals surface area contributed by atoms with Crippen molar-refractivity contribution in [2.75, 3.05) is 44.7 Å². The Hall–Kier alpha value is -3.57. The number of rotatable bonds is 5. The van der Waals surface area contributed by atoms with Crippen LogP contribution in [0.15, 0.2) is 36.0 Å². The maximum Gasteiger partial charge on any atom is 0.261 e. The molecule has 1 N–H and O–H groups in total. The number of ether oxygens (including phenoxy) is 1. The highest BCUT2D eigenvalue weighted by Gasteiger charge is 2.45. The van der Waals surface area contributed by atoms with Gasteiger partial charge in [-0.1, -0.05) is 24.2 Å². The fraction of sp³-hybridized carbons (Fsp3) is 0.444. The summed E-state index contributed by atoms with van der Waals surface area (Å²) in [5.74, 6) is -0.918. The molecule has 0 saturated carbocycles. The van der Waals surface area contributed by atoms with Gasteiger partial charge in [-0.2, -0.15) is 0 Å².